The minimum atomic E-state index is -4.88. The van der Waals surface area contributed by atoms with Crippen LogP contribution in [0.3, 0.4) is 0 Å². The predicted octanol–water partition coefficient (Wildman–Crippen LogP) is 2.34. The van der Waals surface area contributed by atoms with Crippen molar-refractivity contribution < 1.29 is 27.9 Å². The summed E-state index contributed by atoms with van der Waals surface area (Å²) in [6.45, 7) is 0. The molecule has 0 aromatic carbocycles. The van der Waals surface area contributed by atoms with E-state index in [4.69, 9.17) is 10.8 Å². The summed E-state index contributed by atoms with van der Waals surface area (Å²) in [6.07, 6.45) is -1.79. The van der Waals surface area contributed by atoms with E-state index in [1.165, 1.54) is 0 Å². The normalized spacial score (nSPS) is 26.9. The first-order chi connectivity index (χ1) is 9.73. The molecule has 4 nitrogen and oxygen atoms in total. The minimum Gasteiger partial charge on any atom is -0.480 e. The number of carbonyl (C=O) groups is 2. The van der Waals surface area contributed by atoms with Crippen LogP contribution in [0.25, 0.3) is 0 Å². The van der Waals surface area contributed by atoms with Crippen LogP contribution in [-0.2, 0) is 9.59 Å². The molecule has 0 heterocycles. The number of carbonyl (C=O) groups excluding carboxylic acids is 1. The number of halogens is 3. The molecule has 3 atom stereocenters. The predicted molar refractivity (Wildman–Crippen MR) is 71.6 cm³/mol. The summed E-state index contributed by atoms with van der Waals surface area (Å²) in [6, 6.07) is -1.15. The van der Waals surface area contributed by atoms with Crippen LogP contribution in [0.5, 0.6) is 0 Å². The van der Waals surface area contributed by atoms with Gasteiger partial charge in [0.05, 0.1) is 0 Å². The highest BCUT2D eigenvalue weighted by Crippen LogP contribution is 2.55. The molecule has 0 radical (unpaired) electrons. The van der Waals surface area contributed by atoms with Gasteiger partial charge in [-0.25, -0.2) is 0 Å². The summed E-state index contributed by atoms with van der Waals surface area (Å²) in [5.41, 5.74) is 5.21. The van der Waals surface area contributed by atoms with Crippen molar-refractivity contribution in [3.05, 3.63) is 10.5 Å². The van der Waals surface area contributed by atoms with Crippen molar-refractivity contribution in [1.82, 2.24) is 0 Å². The summed E-state index contributed by atoms with van der Waals surface area (Å²) >= 11 is 0.991. The van der Waals surface area contributed by atoms with Gasteiger partial charge in [0.1, 0.15) is 6.04 Å². The number of thioether (sulfide) groups is 1. The third-order valence-corrected chi connectivity index (χ3v) is 5.34. The highest BCUT2D eigenvalue weighted by Gasteiger charge is 2.52. The van der Waals surface area contributed by atoms with E-state index in [0.29, 0.717) is 11.3 Å². The fourth-order valence-electron chi connectivity index (χ4n) is 2.95. The van der Waals surface area contributed by atoms with E-state index in [-0.39, 0.29) is 23.2 Å². The summed E-state index contributed by atoms with van der Waals surface area (Å²) in [5.74, 6) is -3.37. The number of aliphatic carboxylic acids is 1. The van der Waals surface area contributed by atoms with E-state index < -0.39 is 24.0 Å². The van der Waals surface area contributed by atoms with Crippen LogP contribution < -0.4 is 5.73 Å². The van der Waals surface area contributed by atoms with Crippen LogP contribution in [0.15, 0.2) is 10.5 Å². The monoisotopic (exact) mass is 323 g/mol. The maximum atomic E-state index is 12.7. The molecule has 0 aromatic rings. The van der Waals surface area contributed by atoms with Gasteiger partial charge in [0, 0.05) is 11.3 Å². The molecule has 8 heteroatoms. The van der Waals surface area contributed by atoms with Crippen LogP contribution in [0.2, 0.25) is 0 Å². The highest BCUT2D eigenvalue weighted by atomic mass is 32.2. The Morgan fingerprint density at radius 2 is 1.86 bits per heavy atom. The van der Waals surface area contributed by atoms with Gasteiger partial charge in [0.15, 0.2) is 0 Å². The lowest BCUT2D eigenvalue weighted by molar-refractivity contribution is -0.168. The van der Waals surface area contributed by atoms with Crippen molar-refractivity contribution >= 4 is 23.5 Å². The highest BCUT2D eigenvalue weighted by molar-refractivity contribution is 8.03. The maximum Gasteiger partial charge on any atom is 0.454 e. The molecule has 1 fully saturated rings. The second-order valence-electron chi connectivity index (χ2n) is 5.36. The smallest absolute Gasteiger partial charge is 0.454 e. The maximum absolute atomic E-state index is 12.7. The molecule has 2 aliphatic carbocycles. The Balaban J connectivity index is 2.19. The van der Waals surface area contributed by atoms with Crippen molar-refractivity contribution in [2.24, 2.45) is 17.6 Å². The number of fused-ring (bicyclic) bond motifs is 1. The zero-order valence-electron chi connectivity index (χ0n) is 11.2. The Morgan fingerprint density at radius 3 is 2.38 bits per heavy atom. The van der Waals surface area contributed by atoms with Gasteiger partial charge in [-0.15, -0.1) is 11.8 Å². The van der Waals surface area contributed by atoms with Crippen LogP contribution in [0.4, 0.5) is 13.2 Å². The Kier molecular flexibility index (Phi) is 4.67. The quantitative estimate of drug-likeness (QED) is 0.812. The Labute approximate surface area is 123 Å². The first-order valence-corrected chi connectivity index (χ1v) is 7.68. The lowest BCUT2D eigenvalue weighted by Crippen LogP contribution is -2.41. The molecule has 0 saturated heterocycles. The fraction of sp³-hybridized carbons (Fsp3) is 0.692. The molecule has 3 unspecified atom stereocenters. The number of carboxylic acid groups (broad SMARTS) is 1. The lowest BCUT2D eigenvalue weighted by atomic mass is 9.65. The number of nitrogens with two attached hydrogens (primary N) is 1. The number of allylic oxidation sites excluding steroid dienone is 2. The number of rotatable bonds is 5. The largest absolute Gasteiger partial charge is 0.480 e. The Bertz CT molecular complexity index is 490. The van der Waals surface area contributed by atoms with E-state index in [0.717, 1.165) is 31.0 Å². The van der Waals surface area contributed by atoms with E-state index in [9.17, 15) is 22.8 Å². The first-order valence-electron chi connectivity index (χ1n) is 6.70. The topological polar surface area (TPSA) is 80.4 Å². The standard InChI is InChI=1S/C13H16F3NO3S/c14-13(15,16)11(18)9-6-3-1-2-4-7(6)10(9)21-5-8(17)12(19)20/h6-8H,1-5,17H2,(H,19,20). The van der Waals surface area contributed by atoms with Crippen molar-refractivity contribution in [2.75, 3.05) is 5.75 Å². The first kappa shape index (κ1) is 16.4. The van der Waals surface area contributed by atoms with Gasteiger partial charge in [0.2, 0.25) is 0 Å². The zero-order chi connectivity index (χ0) is 15.8. The zero-order valence-corrected chi connectivity index (χ0v) is 12.0. The van der Waals surface area contributed by atoms with Gasteiger partial charge in [-0.2, -0.15) is 13.2 Å². The third kappa shape index (κ3) is 3.26. The van der Waals surface area contributed by atoms with Gasteiger partial charge >= 0.3 is 12.1 Å². The van der Waals surface area contributed by atoms with E-state index in [1.807, 2.05) is 0 Å². The molecular weight excluding hydrogens is 307 g/mol. The molecule has 0 bridgehead atoms. The fourth-order valence-corrected chi connectivity index (χ4v) is 4.34. The Hall–Kier alpha value is -1.02. The average molecular weight is 323 g/mol. The molecule has 3 N–H and O–H groups in total. The van der Waals surface area contributed by atoms with Crippen molar-refractivity contribution in [2.45, 2.75) is 37.9 Å². The lowest BCUT2D eigenvalue weighted by Gasteiger charge is -2.44. The number of ketones is 1. The number of alkyl halides is 3. The molecular formula is C13H16F3NO3S. The second-order valence-corrected chi connectivity index (χ2v) is 6.42. The molecule has 21 heavy (non-hydrogen) atoms. The second kappa shape index (κ2) is 6.00. The number of Topliss-reactive ketones (excluding diaryl/α,β-unsaturated/α-hetero) is 1. The molecule has 0 aliphatic heterocycles. The molecule has 1 saturated carbocycles. The van der Waals surface area contributed by atoms with Gasteiger partial charge in [-0.3, -0.25) is 9.59 Å². The van der Waals surface area contributed by atoms with E-state index >= 15 is 0 Å². The molecule has 0 spiro atoms. The molecule has 0 aromatic heterocycles. The van der Waals surface area contributed by atoms with Crippen LogP contribution in [-0.4, -0.2) is 34.8 Å². The Morgan fingerprint density at radius 1 is 1.29 bits per heavy atom. The van der Waals surface area contributed by atoms with Gasteiger partial charge in [-0.05, 0) is 29.6 Å². The van der Waals surface area contributed by atoms with Gasteiger partial charge in [-0.1, -0.05) is 12.8 Å². The average Bonchev–Trinajstić information content (AvgIpc) is 2.38. The summed E-state index contributed by atoms with van der Waals surface area (Å²) in [4.78, 5) is 22.6. The molecule has 2 aliphatic rings. The summed E-state index contributed by atoms with van der Waals surface area (Å²) in [5, 5.41) is 8.72. The van der Waals surface area contributed by atoms with E-state index in [2.05, 4.69) is 0 Å². The van der Waals surface area contributed by atoms with Crippen LogP contribution >= 0.6 is 11.8 Å². The number of hydrogen-bond acceptors (Lipinski definition) is 4. The van der Waals surface area contributed by atoms with Crippen molar-refractivity contribution in [3.63, 3.8) is 0 Å². The van der Waals surface area contributed by atoms with E-state index in [1.54, 1.807) is 0 Å². The number of carboxylic acids is 1. The molecule has 118 valence electrons. The van der Waals surface area contributed by atoms with Crippen molar-refractivity contribution in [3.8, 4) is 0 Å². The van der Waals surface area contributed by atoms with Crippen LogP contribution in [0, 0.1) is 11.8 Å². The molecule has 2 rings (SSSR count). The third-order valence-electron chi connectivity index (χ3n) is 3.98. The summed E-state index contributed by atoms with van der Waals surface area (Å²) in [7, 11) is 0. The van der Waals surface area contributed by atoms with Gasteiger partial charge < -0.3 is 10.8 Å². The van der Waals surface area contributed by atoms with Crippen molar-refractivity contribution in [1.29, 1.82) is 0 Å². The van der Waals surface area contributed by atoms with Gasteiger partial charge in [0.25, 0.3) is 5.78 Å². The summed E-state index contributed by atoms with van der Waals surface area (Å²) < 4.78 is 38.0. The minimum absolute atomic E-state index is 0.0253. The number of hydrogen-bond donors (Lipinski definition) is 2. The van der Waals surface area contributed by atoms with Crippen LogP contribution in [0.1, 0.15) is 25.7 Å². The molecule has 0 amide bonds. The SMILES string of the molecule is NC(CSC1=C(C(=O)C(F)(F)F)C2CCCCC12)C(=O)O.